The van der Waals surface area contributed by atoms with Crippen LogP contribution in [-0.4, -0.2) is 46.0 Å². The van der Waals surface area contributed by atoms with E-state index in [0.717, 1.165) is 11.3 Å². The number of rotatable bonds is 3. The second-order valence-electron chi connectivity index (χ2n) is 5.91. The van der Waals surface area contributed by atoms with E-state index in [1.807, 2.05) is 13.0 Å². The van der Waals surface area contributed by atoms with Gasteiger partial charge in [-0.2, -0.15) is 4.31 Å². The molecule has 3 rings (SSSR count). The first kappa shape index (κ1) is 16.6. The van der Waals surface area contributed by atoms with Gasteiger partial charge >= 0.3 is 0 Å². The number of aryl methyl sites for hydroxylation is 1. The zero-order chi connectivity index (χ0) is 17.5. The molecular weight excluding hydrogens is 330 g/mol. The lowest BCUT2D eigenvalue weighted by Gasteiger charge is -2.24. The van der Waals surface area contributed by atoms with Gasteiger partial charge in [0.1, 0.15) is 5.82 Å². The van der Waals surface area contributed by atoms with Crippen molar-refractivity contribution < 1.29 is 13.2 Å². The molecule has 1 N–H and O–H groups in total. The number of pyridine rings is 1. The lowest BCUT2D eigenvalue weighted by molar-refractivity contribution is 0.101. The molecule has 8 nitrogen and oxygen atoms in total. The van der Waals surface area contributed by atoms with E-state index in [1.54, 1.807) is 23.9 Å². The molecule has 128 valence electrons. The van der Waals surface area contributed by atoms with Crippen molar-refractivity contribution in [1.82, 2.24) is 18.8 Å². The first-order valence-corrected chi connectivity index (χ1v) is 9.34. The number of anilines is 1. The van der Waals surface area contributed by atoms with E-state index in [1.165, 1.54) is 10.6 Å². The maximum Gasteiger partial charge on any atom is 0.292 e. The predicted octanol–water partition coefficient (Wildman–Crippen LogP) is 0.694. The van der Waals surface area contributed by atoms with Crippen LogP contribution in [0.4, 0.5) is 5.82 Å². The Morgan fingerprint density at radius 2 is 2.08 bits per heavy atom. The van der Waals surface area contributed by atoms with Gasteiger partial charge in [0.2, 0.25) is 10.0 Å². The second-order valence-corrected chi connectivity index (χ2v) is 7.89. The summed E-state index contributed by atoms with van der Waals surface area (Å²) >= 11 is 0. The van der Waals surface area contributed by atoms with Gasteiger partial charge in [-0.3, -0.25) is 4.79 Å². The minimum Gasteiger partial charge on any atom is -0.327 e. The number of sulfonamides is 1. The molecular formula is C15H19N5O3S. The van der Waals surface area contributed by atoms with Crippen LogP contribution in [0.15, 0.2) is 18.3 Å². The van der Waals surface area contributed by atoms with Crippen molar-refractivity contribution >= 4 is 21.7 Å². The summed E-state index contributed by atoms with van der Waals surface area (Å²) in [6.45, 7) is 2.50. The molecule has 0 saturated carbocycles. The van der Waals surface area contributed by atoms with Gasteiger partial charge in [-0.1, -0.05) is 6.07 Å². The van der Waals surface area contributed by atoms with E-state index < -0.39 is 10.0 Å². The van der Waals surface area contributed by atoms with Gasteiger partial charge in [-0.15, -0.1) is 0 Å². The molecule has 24 heavy (non-hydrogen) atoms. The van der Waals surface area contributed by atoms with Gasteiger partial charge in [0.05, 0.1) is 18.5 Å². The Morgan fingerprint density at radius 3 is 2.71 bits per heavy atom. The Labute approximate surface area is 140 Å². The van der Waals surface area contributed by atoms with Crippen molar-refractivity contribution in [3.05, 3.63) is 41.1 Å². The van der Waals surface area contributed by atoms with Crippen LogP contribution in [-0.2, 0) is 30.0 Å². The minimum atomic E-state index is -3.27. The summed E-state index contributed by atoms with van der Waals surface area (Å²) in [6.07, 6.45) is 3.38. The smallest absolute Gasteiger partial charge is 0.292 e. The number of nitrogens with zero attached hydrogens (tertiary/aromatic N) is 4. The fraction of sp³-hybridized carbons (Fsp3) is 0.400. The molecule has 0 saturated heterocycles. The number of hydrogen-bond acceptors (Lipinski definition) is 5. The molecule has 1 aliphatic rings. The molecule has 0 spiro atoms. The van der Waals surface area contributed by atoms with E-state index in [-0.39, 0.29) is 18.3 Å². The normalized spacial score (nSPS) is 15.1. The van der Waals surface area contributed by atoms with Gasteiger partial charge < -0.3 is 9.88 Å². The monoisotopic (exact) mass is 349 g/mol. The molecule has 0 fully saturated rings. The minimum absolute atomic E-state index is 0.193. The second kappa shape index (κ2) is 5.99. The average Bonchev–Trinajstić information content (AvgIpc) is 2.85. The fourth-order valence-electron chi connectivity index (χ4n) is 2.70. The molecule has 0 atom stereocenters. The maximum atomic E-state index is 12.4. The first-order valence-electron chi connectivity index (χ1n) is 7.49. The maximum absolute atomic E-state index is 12.4. The van der Waals surface area contributed by atoms with Crippen LogP contribution < -0.4 is 5.32 Å². The van der Waals surface area contributed by atoms with Crippen LogP contribution in [0.25, 0.3) is 0 Å². The molecule has 0 bridgehead atoms. The van der Waals surface area contributed by atoms with Crippen LogP contribution in [0.1, 0.15) is 27.6 Å². The molecule has 2 aromatic rings. The van der Waals surface area contributed by atoms with E-state index in [4.69, 9.17) is 0 Å². The number of aromatic nitrogens is 3. The summed E-state index contributed by atoms with van der Waals surface area (Å²) in [6, 6.07) is 3.58. The van der Waals surface area contributed by atoms with Crippen LogP contribution in [0.2, 0.25) is 0 Å². The lowest BCUT2D eigenvalue weighted by Crippen LogP contribution is -2.35. The van der Waals surface area contributed by atoms with Crippen molar-refractivity contribution in [2.75, 3.05) is 18.1 Å². The topological polar surface area (TPSA) is 97.2 Å². The van der Waals surface area contributed by atoms with E-state index in [9.17, 15) is 13.2 Å². The molecule has 1 amide bonds. The van der Waals surface area contributed by atoms with E-state index in [2.05, 4.69) is 15.3 Å². The highest BCUT2D eigenvalue weighted by atomic mass is 32.2. The number of hydrogen-bond donors (Lipinski definition) is 1. The third-order valence-electron chi connectivity index (χ3n) is 4.05. The van der Waals surface area contributed by atoms with E-state index >= 15 is 0 Å². The Balaban J connectivity index is 1.84. The Hall–Kier alpha value is -2.26. The number of imidazole rings is 1. The zero-order valence-electron chi connectivity index (χ0n) is 13.8. The number of carbonyl (C=O) groups is 1. The third kappa shape index (κ3) is 3.17. The summed E-state index contributed by atoms with van der Waals surface area (Å²) < 4.78 is 26.5. The standard InChI is InChI=1S/C15H19N5O3S/c1-10-4-5-13(16-8-10)18-15(21)14-17-11-9-20(24(3,22)23)7-6-12(11)19(14)2/h4-5,8H,6-7,9H2,1-3H3,(H,16,18,21). The summed E-state index contributed by atoms with van der Waals surface area (Å²) in [4.78, 5) is 20.9. The van der Waals surface area contributed by atoms with Crippen LogP contribution >= 0.6 is 0 Å². The van der Waals surface area contributed by atoms with Crippen LogP contribution in [0.5, 0.6) is 0 Å². The van der Waals surface area contributed by atoms with Gasteiger partial charge in [0, 0.05) is 31.9 Å². The van der Waals surface area contributed by atoms with Crippen LogP contribution in [0.3, 0.4) is 0 Å². The first-order chi connectivity index (χ1) is 11.3. The summed E-state index contributed by atoms with van der Waals surface area (Å²) in [5.74, 6) is 0.330. The van der Waals surface area contributed by atoms with Gasteiger partial charge in [-0.05, 0) is 18.6 Å². The van der Waals surface area contributed by atoms with Gasteiger partial charge in [-0.25, -0.2) is 18.4 Å². The highest BCUT2D eigenvalue weighted by Crippen LogP contribution is 2.21. The number of carbonyl (C=O) groups excluding carboxylic acids is 1. The number of fused-ring (bicyclic) bond motifs is 1. The summed E-state index contributed by atoms with van der Waals surface area (Å²) in [5, 5.41) is 2.71. The Kier molecular flexibility index (Phi) is 4.14. The highest BCUT2D eigenvalue weighted by Gasteiger charge is 2.29. The molecule has 3 heterocycles. The van der Waals surface area contributed by atoms with Crippen molar-refractivity contribution in [2.45, 2.75) is 19.9 Å². The molecule has 0 unspecified atom stereocenters. The van der Waals surface area contributed by atoms with Crippen molar-refractivity contribution in [2.24, 2.45) is 7.05 Å². The van der Waals surface area contributed by atoms with Gasteiger partial charge in [0.15, 0.2) is 5.82 Å². The molecule has 0 aliphatic carbocycles. The fourth-order valence-corrected chi connectivity index (χ4v) is 3.48. The third-order valence-corrected chi connectivity index (χ3v) is 5.30. The largest absolute Gasteiger partial charge is 0.327 e. The highest BCUT2D eigenvalue weighted by molar-refractivity contribution is 7.88. The Bertz CT molecular complexity index is 887. The molecule has 9 heteroatoms. The summed E-state index contributed by atoms with van der Waals surface area (Å²) in [7, 11) is -1.51. The molecule has 1 aliphatic heterocycles. The van der Waals surface area contributed by atoms with Crippen molar-refractivity contribution in [3.63, 3.8) is 0 Å². The van der Waals surface area contributed by atoms with Crippen molar-refractivity contribution in [1.29, 1.82) is 0 Å². The summed E-state index contributed by atoms with van der Waals surface area (Å²) in [5.41, 5.74) is 2.51. The molecule has 0 aromatic carbocycles. The molecule has 2 aromatic heterocycles. The van der Waals surface area contributed by atoms with Gasteiger partial charge in [0.25, 0.3) is 5.91 Å². The zero-order valence-corrected chi connectivity index (χ0v) is 14.6. The van der Waals surface area contributed by atoms with Crippen LogP contribution in [0, 0.1) is 6.92 Å². The quantitative estimate of drug-likeness (QED) is 0.879. The lowest BCUT2D eigenvalue weighted by atomic mass is 10.2. The van der Waals surface area contributed by atoms with E-state index in [0.29, 0.717) is 24.5 Å². The van der Waals surface area contributed by atoms with Crippen molar-refractivity contribution in [3.8, 4) is 0 Å². The predicted molar refractivity (Wildman–Crippen MR) is 89.1 cm³/mol. The average molecular weight is 349 g/mol. The SMILES string of the molecule is Cc1ccc(NC(=O)c2nc3c(n2C)CCN(S(C)(=O)=O)C3)nc1. The Morgan fingerprint density at radius 1 is 1.33 bits per heavy atom. The molecule has 0 radical (unpaired) electrons. The number of amides is 1. The number of nitrogens with one attached hydrogen (secondary N) is 1.